The van der Waals surface area contributed by atoms with Crippen molar-refractivity contribution in [2.75, 3.05) is 22.9 Å². The maximum atomic E-state index is 11.7. The maximum absolute atomic E-state index is 11.7. The van der Waals surface area contributed by atoms with Gasteiger partial charge in [-0.3, -0.25) is 19.2 Å². The molecular weight excluding hydrogens is 606 g/mol. The second-order valence-corrected chi connectivity index (χ2v) is 11.5. The summed E-state index contributed by atoms with van der Waals surface area (Å²) in [6, 6.07) is 15.9. The predicted molar refractivity (Wildman–Crippen MR) is 157 cm³/mol. The summed E-state index contributed by atoms with van der Waals surface area (Å²) in [7, 11) is -10.0. The Bertz CT molecular complexity index is 1970. The lowest BCUT2D eigenvalue weighted by Gasteiger charge is -2.11. The molecular formula is C24H21N9O8S2. The van der Waals surface area contributed by atoms with Crippen LogP contribution in [0.3, 0.4) is 0 Å². The van der Waals surface area contributed by atoms with E-state index in [1.807, 2.05) is 0 Å². The lowest BCUT2D eigenvalue weighted by Crippen LogP contribution is -2.10. The zero-order chi connectivity index (χ0) is 31.7. The van der Waals surface area contributed by atoms with Gasteiger partial charge in [0.05, 0.1) is 33.4 Å². The molecule has 0 aliphatic rings. The summed E-state index contributed by atoms with van der Waals surface area (Å²) in [5.74, 6) is 0. The van der Waals surface area contributed by atoms with E-state index in [-0.39, 0.29) is 28.4 Å². The lowest BCUT2D eigenvalue weighted by molar-refractivity contribution is -0.383. The average molecular weight is 628 g/mol. The summed E-state index contributed by atoms with van der Waals surface area (Å²) >= 11 is 0. The second-order valence-electron chi connectivity index (χ2n) is 8.72. The zero-order valence-electron chi connectivity index (χ0n) is 21.6. The van der Waals surface area contributed by atoms with Crippen molar-refractivity contribution >= 4 is 71.4 Å². The standard InChI is InChI=1S/C24H21N9O8S2/c25-16-9-17(26)19(33(34)35)10-18(16)31-29-14-5-1-12(2-6-14)13-3-7-15(8-4-13)30-32-24-22(27)20(42(36,37)38)11-21(23(24)28)43(39,40)41/h1-11H,25-28H2,(H,36,37,38)(H,39,40,41). The van der Waals surface area contributed by atoms with E-state index in [9.17, 15) is 36.1 Å². The summed E-state index contributed by atoms with van der Waals surface area (Å²) in [6.45, 7) is 0. The largest absolute Gasteiger partial charge is 0.397 e. The van der Waals surface area contributed by atoms with Gasteiger partial charge in [0, 0.05) is 6.07 Å². The van der Waals surface area contributed by atoms with Gasteiger partial charge in [0.2, 0.25) is 0 Å². The molecule has 0 aromatic heterocycles. The van der Waals surface area contributed by atoms with Gasteiger partial charge in [-0.05, 0) is 47.5 Å². The molecule has 0 spiro atoms. The number of nitrogens with two attached hydrogens (primary N) is 4. The first kappa shape index (κ1) is 30.5. The number of nitrogen functional groups attached to an aromatic ring is 4. The second kappa shape index (κ2) is 11.4. The third kappa shape index (κ3) is 6.70. The number of nitrogens with zero attached hydrogens (tertiary/aromatic N) is 5. The predicted octanol–water partition coefficient (Wildman–Crippen LogP) is 4.91. The minimum absolute atomic E-state index is 0.0807. The SMILES string of the molecule is Nc1cc(N)c([N+](=O)[O-])cc1N=Nc1ccc(-c2ccc(N=Nc3c(N)c(S(=O)(=O)O)cc(S(=O)(=O)O)c3N)cc2)cc1. The van der Waals surface area contributed by atoms with Crippen molar-refractivity contribution in [3.63, 3.8) is 0 Å². The number of azo groups is 2. The molecule has 0 amide bonds. The summed E-state index contributed by atoms with van der Waals surface area (Å²) in [5, 5.41) is 26.8. The molecule has 4 rings (SSSR count). The van der Waals surface area contributed by atoms with Gasteiger partial charge in [-0.1, -0.05) is 24.3 Å². The lowest BCUT2D eigenvalue weighted by atomic mass is 10.1. The van der Waals surface area contributed by atoms with E-state index in [4.69, 9.17) is 22.9 Å². The van der Waals surface area contributed by atoms with Gasteiger partial charge in [0.1, 0.15) is 26.9 Å². The van der Waals surface area contributed by atoms with Crippen LogP contribution in [0.2, 0.25) is 0 Å². The van der Waals surface area contributed by atoms with E-state index < -0.39 is 52.0 Å². The van der Waals surface area contributed by atoms with Crippen molar-refractivity contribution in [3.8, 4) is 11.1 Å². The smallest absolute Gasteiger partial charge is 0.296 e. The van der Waals surface area contributed by atoms with Crippen molar-refractivity contribution < 1.29 is 30.9 Å². The number of hydrogen-bond donors (Lipinski definition) is 6. The van der Waals surface area contributed by atoms with E-state index in [0.29, 0.717) is 11.8 Å². The number of hydrogen-bond acceptors (Lipinski definition) is 14. The third-order valence-corrected chi connectivity index (χ3v) is 7.63. The van der Waals surface area contributed by atoms with Crippen LogP contribution in [-0.2, 0) is 20.2 Å². The first-order valence-corrected chi connectivity index (χ1v) is 14.5. The maximum Gasteiger partial charge on any atom is 0.296 e. The number of anilines is 4. The molecule has 222 valence electrons. The van der Waals surface area contributed by atoms with Crippen molar-refractivity contribution in [1.29, 1.82) is 0 Å². The molecule has 0 saturated heterocycles. The Kier molecular flexibility index (Phi) is 8.08. The Labute approximate surface area is 243 Å². The molecule has 4 aromatic carbocycles. The number of nitro benzene ring substituents is 1. The van der Waals surface area contributed by atoms with Crippen molar-refractivity contribution in [2.45, 2.75) is 9.79 Å². The number of benzene rings is 4. The number of rotatable bonds is 8. The molecule has 0 bridgehead atoms. The van der Waals surface area contributed by atoms with Gasteiger partial charge in [0.15, 0.2) is 0 Å². The fraction of sp³-hybridized carbons (Fsp3) is 0. The molecule has 0 fully saturated rings. The minimum atomic E-state index is -5.01. The molecule has 0 saturated carbocycles. The fourth-order valence-corrected chi connectivity index (χ4v) is 5.06. The van der Waals surface area contributed by atoms with E-state index in [1.54, 1.807) is 36.4 Å². The molecule has 0 unspecified atom stereocenters. The van der Waals surface area contributed by atoms with Gasteiger partial charge >= 0.3 is 0 Å². The molecule has 10 N–H and O–H groups in total. The normalized spacial score (nSPS) is 12.2. The van der Waals surface area contributed by atoms with Gasteiger partial charge < -0.3 is 22.9 Å². The highest BCUT2D eigenvalue weighted by Crippen LogP contribution is 2.41. The Morgan fingerprint density at radius 3 is 1.49 bits per heavy atom. The van der Waals surface area contributed by atoms with Crippen LogP contribution in [0.5, 0.6) is 0 Å². The quantitative estimate of drug-likeness (QED) is 0.0498. The van der Waals surface area contributed by atoms with Gasteiger partial charge in [-0.25, -0.2) is 0 Å². The first-order valence-electron chi connectivity index (χ1n) is 11.6. The molecule has 17 nitrogen and oxygen atoms in total. The van der Waals surface area contributed by atoms with Crippen LogP contribution in [0.15, 0.2) is 97.0 Å². The summed E-state index contributed by atoms with van der Waals surface area (Å²) in [4.78, 5) is 8.40. The van der Waals surface area contributed by atoms with Crippen LogP contribution < -0.4 is 22.9 Å². The third-order valence-electron chi connectivity index (χ3n) is 5.84. The highest BCUT2D eigenvalue weighted by atomic mass is 32.2. The summed E-state index contributed by atoms with van der Waals surface area (Å²) < 4.78 is 65.5. The Hall–Kier alpha value is -5.50. The summed E-state index contributed by atoms with van der Waals surface area (Å²) in [6.07, 6.45) is 0. The van der Waals surface area contributed by atoms with Crippen LogP contribution in [0.4, 0.5) is 51.2 Å². The van der Waals surface area contributed by atoms with Crippen molar-refractivity contribution in [2.24, 2.45) is 20.5 Å². The van der Waals surface area contributed by atoms with E-state index >= 15 is 0 Å². The van der Waals surface area contributed by atoms with Crippen molar-refractivity contribution in [1.82, 2.24) is 0 Å². The van der Waals surface area contributed by atoms with E-state index in [1.165, 1.54) is 18.2 Å². The molecule has 0 atom stereocenters. The summed E-state index contributed by atoms with van der Waals surface area (Å²) in [5.41, 5.74) is 22.9. The Morgan fingerprint density at radius 1 is 0.628 bits per heavy atom. The van der Waals surface area contributed by atoms with Crippen LogP contribution in [-0.4, -0.2) is 30.9 Å². The molecule has 43 heavy (non-hydrogen) atoms. The fourth-order valence-electron chi connectivity index (χ4n) is 3.70. The highest BCUT2D eigenvalue weighted by molar-refractivity contribution is 7.86. The van der Waals surface area contributed by atoms with Gasteiger partial charge in [-0.2, -0.15) is 27.1 Å². The average Bonchev–Trinajstić information content (AvgIpc) is 2.91. The highest BCUT2D eigenvalue weighted by Gasteiger charge is 2.27. The Balaban J connectivity index is 1.57. The Morgan fingerprint density at radius 2 is 1.07 bits per heavy atom. The zero-order valence-corrected chi connectivity index (χ0v) is 23.2. The van der Waals surface area contributed by atoms with Crippen LogP contribution >= 0.6 is 0 Å². The molecule has 0 heterocycles. The van der Waals surface area contributed by atoms with E-state index in [2.05, 4.69) is 20.5 Å². The van der Waals surface area contributed by atoms with Crippen LogP contribution in [0.25, 0.3) is 11.1 Å². The molecule has 0 aliphatic heterocycles. The molecule has 0 radical (unpaired) electrons. The van der Waals surface area contributed by atoms with Crippen LogP contribution in [0, 0.1) is 10.1 Å². The van der Waals surface area contributed by atoms with Crippen LogP contribution in [0.1, 0.15) is 0 Å². The van der Waals surface area contributed by atoms with Gasteiger partial charge in [-0.15, -0.1) is 10.2 Å². The monoisotopic (exact) mass is 627 g/mol. The molecule has 19 heteroatoms. The molecule has 0 aliphatic carbocycles. The topological polar surface area (TPSA) is 305 Å². The van der Waals surface area contributed by atoms with E-state index in [0.717, 1.165) is 17.2 Å². The number of nitro groups is 1. The molecule has 4 aromatic rings. The van der Waals surface area contributed by atoms with Gasteiger partial charge in [0.25, 0.3) is 25.9 Å². The minimum Gasteiger partial charge on any atom is -0.397 e. The van der Waals surface area contributed by atoms with Crippen molar-refractivity contribution in [3.05, 3.63) is 76.8 Å². The first-order chi connectivity index (χ1) is 20.1.